The molecule has 25 heavy (non-hydrogen) atoms. The normalized spacial score (nSPS) is 12.0. The van der Waals surface area contributed by atoms with Crippen LogP contribution in [0.2, 0.25) is 0 Å². The molecule has 2 aromatic carbocycles. The second-order valence-corrected chi connectivity index (χ2v) is 6.53. The monoisotopic (exact) mass is 327 g/mol. The molecule has 0 N–H and O–H groups in total. The van der Waals surface area contributed by atoms with Crippen molar-refractivity contribution in [2.24, 2.45) is 0 Å². The van der Waals surface area contributed by atoms with Crippen molar-refractivity contribution in [1.82, 2.24) is 14.5 Å². The second kappa shape index (κ2) is 5.18. The van der Waals surface area contributed by atoms with Gasteiger partial charge in [0.25, 0.3) is 0 Å². The first-order valence-corrected chi connectivity index (χ1v) is 8.47. The molecular weight excluding hydrogens is 310 g/mol. The summed E-state index contributed by atoms with van der Waals surface area (Å²) >= 11 is 0. The Hall–Kier alpha value is -3.14. The fourth-order valence-corrected chi connectivity index (χ4v) is 3.57. The van der Waals surface area contributed by atoms with Crippen molar-refractivity contribution in [2.45, 2.75) is 19.9 Å². The summed E-state index contributed by atoms with van der Waals surface area (Å²) in [5.74, 6) is 0.931. The second-order valence-electron chi connectivity index (χ2n) is 6.53. The number of fused-ring (bicyclic) bond motifs is 4. The molecule has 5 aromatic rings. The number of hydrogen-bond donors (Lipinski definition) is 0. The van der Waals surface area contributed by atoms with Crippen LogP contribution in [-0.2, 0) is 0 Å². The smallest absolute Gasteiger partial charge is 0.227 e. The number of aromatic nitrogens is 3. The van der Waals surface area contributed by atoms with E-state index >= 15 is 0 Å². The number of rotatable bonds is 2. The molecule has 0 unspecified atom stereocenters. The summed E-state index contributed by atoms with van der Waals surface area (Å²) in [6.07, 6.45) is 1.76. The highest BCUT2D eigenvalue weighted by molar-refractivity contribution is 6.08. The van der Waals surface area contributed by atoms with Crippen molar-refractivity contribution in [3.8, 4) is 11.4 Å². The molecule has 0 aliphatic heterocycles. The summed E-state index contributed by atoms with van der Waals surface area (Å²) < 4.78 is 8.37. The molecule has 122 valence electrons. The Morgan fingerprint density at radius 1 is 0.920 bits per heavy atom. The fraction of sp³-hybridized carbons (Fsp3) is 0.143. The zero-order chi connectivity index (χ0) is 17.0. The lowest BCUT2D eigenvalue weighted by Crippen LogP contribution is -2.03. The molecular formula is C21H17N3O. The highest BCUT2D eigenvalue weighted by Crippen LogP contribution is 2.36. The summed E-state index contributed by atoms with van der Waals surface area (Å²) in [4.78, 5) is 9.27. The third-order valence-corrected chi connectivity index (χ3v) is 4.63. The van der Waals surface area contributed by atoms with E-state index in [2.05, 4.69) is 59.8 Å². The molecule has 4 heteroatoms. The first kappa shape index (κ1) is 14.2. The average Bonchev–Trinajstić information content (AvgIpc) is 3.20. The zero-order valence-corrected chi connectivity index (χ0v) is 14.1. The van der Waals surface area contributed by atoms with Gasteiger partial charge in [0.15, 0.2) is 0 Å². The molecule has 0 atom stereocenters. The van der Waals surface area contributed by atoms with E-state index in [1.807, 2.05) is 18.2 Å². The molecule has 0 amide bonds. The van der Waals surface area contributed by atoms with Crippen LogP contribution in [0.1, 0.15) is 19.9 Å². The lowest BCUT2D eigenvalue weighted by atomic mass is 10.1. The predicted molar refractivity (Wildman–Crippen MR) is 101 cm³/mol. The van der Waals surface area contributed by atoms with E-state index in [9.17, 15) is 0 Å². The summed E-state index contributed by atoms with van der Waals surface area (Å²) in [6.45, 7) is 4.36. The SMILES string of the molecule is CC(C)n1c(-c2cccc3c2oc2ncccc23)nc2ccccc21. The van der Waals surface area contributed by atoms with Crippen LogP contribution in [0, 0.1) is 0 Å². The maximum atomic E-state index is 6.10. The maximum absolute atomic E-state index is 6.10. The Kier molecular flexibility index (Phi) is 2.95. The van der Waals surface area contributed by atoms with Gasteiger partial charge in [-0.2, -0.15) is 0 Å². The number of pyridine rings is 1. The molecule has 0 saturated carbocycles. The van der Waals surface area contributed by atoms with E-state index in [-0.39, 0.29) is 0 Å². The van der Waals surface area contributed by atoms with E-state index < -0.39 is 0 Å². The molecule has 0 bridgehead atoms. The molecule has 0 fully saturated rings. The van der Waals surface area contributed by atoms with Crippen molar-refractivity contribution >= 4 is 33.1 Å². The van der Waals surface area contributed by atoms with E-state index in [4.69, 9.17) is 9.40 Å². The van der Waals surface area contributed by atoms with Crippen molar-refractivity contribution in [3.05, 3.63) is 60.8 Å². The van der Waals surface area contributed by atoms with Crippen molar-refractivity contribution in [1.29, 1.82) is 0 Å². The third-order valence-electron chi connectivity index (χ3n) is 4.63. The van der Waals surface area contributed by atoms with Crippen molar-refractivity contribution < 1.29 is 4.42 Å². The van der Waals surface area contributed by atoms with Crippen LogP contribution in [-0.4, -0.2) is 14.5 Å². The lowest BCUT2D eigenvalue weighted by molar-refractivity contribution is 0.621. The van der Waals surface area contributed by atoms with Gasteiger partial charge in [0.2, 0.25) is 5.71 Å². The molecule has 5 rings (SSSR count). The predicted octanol–water partition coefficient (Wildman–Crippen LogP) is 5.58. The van der Waals surface area contributed by atoms with Gasteiger partial charge in [0.1, 0.15) is 11.4 Å². The topological polar surface area (TPSA) is 43.9 Å². The molecule has 0 radical (unpaired) electrons. The van der Waals surface area contributed by atoms with E-state index in [1.165, 1.54) is 0 Å². The Balaban J connectivity index is 1.90. The molecule has 0 spiro atoms. The molecule has 4 nitrogen and oxygen atoms in total. The van der Waals surface area contributed by atoms with Crippen LogP contribution in [0.4, 0.5) is 0 Å². The first-order valence-electron chi connectivity index (χ1n) is 8.47. The Morgan fingerprint density at radius 2 is 1.76 bits per heavy atom. The van der Waals surface area contributed by atoms with Crippen LogP contribution in [0.15, 0.2) is 65.2 Å². The van der Waals surface area contributed by atoms with Crippen molar-refractivity contribution in [3.63, 3.8) is 0 Å². The van der Waals surface area contributed by atoms with Crippen molar-refractivity contribution in [2.75, 3.05) is 0 Å². The van der Waals surface area contributed by atoms with E-state index in [0.717, 1.165) is 38.8 Å². The largest absolute Gasteiger partial charge is 0.437 e. The van der Waals surface area contributed by atoms with Gasteiger partial charge in [-0.1, -0.05) is 24.3 Å². The minimum Gasteiger partial charge on any atom is -0.437 e. The standard InChI is InChI=1S/C21H17N3O/c1-13(2)24-18-11-4-3-10-17(18)23-20(24)16-8-5-7-14-15-9-6-12-22-21(15)25-19(14)16/h3-13H,1-2H3. The lowest BCUT2D eigenvalue weighted by Gasteiger charge is -2.13. The fourth-order valence-electron chi connectivity index (χ4n) is 3.57. The molecule has 0 aliphatic rings. The van der Waals surface area contributed by atoms with Gasteiger partial charge in [0.05, 0.1) is 16.6 Å². The number of para-hydroxylation sites is 3. The van der Waals surface area contributed by atoms with Crippen LogP contribution >= 0.6 is 0 Å². The maximum Gasteiger partial charge on any atom is 0.227 e. The summed E-state index contributed by atoms with van der Waals surface area (Å²) in [6, 6.07) is 18.7. The van der Waals surface area contributed by atoms with Crippen LogP contribution in [0.5, 0.6) is 0 Å². The van der Waals surface area contributed by atoms with Gasteiger partial charge in [-0.25, -0.2) is 9.97 Å². The highest BCUT2D eigenvalue weighted by Gasteiger charge is 2.19. The molecule has 0 saturated heterocycles. The van der Waals surface area contributed by atoms with Crippen LogP contribution < -0.4 is 0 Å². The minimum absolute atomic E-state index is 0.292. The first-order chi connectivity index (χ1) is 12.2. The zero-order valence-electron chi connectivity index (χ0n) is 14.1. The van der Waals surface area contributed by atoms with Gasteiger partial charge in [-0.15, -0.1) is 0 Å². The van der Waals surface area contributed by atoms with Gasteiger partial charge in [0, 0.05) is 23.0 Å². The third kappa shape index (κ3) is 2.00. The summed E-state index contributed by atoms with van der Waals surface area (Å²) in [7, 11) is 0. The highest BCUT2D eigenvalue weighted by atomic mass is 16.3. The van der Waals surface area contributed by atoms with Gasteiger partial charge in [-0.3, -0.25) is 0 Å². The van der Waals surface area contributed by atoms with Crippen LogP contribution in [0.3, 0.4) is 0 Å². The summed E-state index contributed by atoms with van der Waals surface area (Å²) in [5.41, 5.74) is 4.64. The average molecular weight is 327 g/mol. The number of furan rings is 1. The van der Waals surface area contributed by atoms with E-state index in [0.29, 0.717) is 11.8 Å². The Morgan fingerprint density at radius 3 is 2.64 bits per heavy atom. The molecule has 3 aromatic heterocycles. The van der Waals surface area contributed by atoms with Gasteiger partial charge in [-0.05, 0) is 44.2 Å². The number of hydrogen-bond acceptors (Lipinski definition) is 3. The molecule has 0 aliphatic carbocycles. The number of imidazole rings is 1. The van der Waals surface area contributed by atoms with Crippen LogP contribution in [0.25, 0.3) is 44.5 Å². The number of nitrogens with zero attached hydrogens (tertiary/aromatic N) is 3. The summed E-state index contributed by atoms with van der Waals surface area (Å²) in [5, 5.41) is 2.11. The quantitative estimate of drug-likeness (QED) is 0.425. The molecule has 3 heterocycles. The Bertz CT molecular complexity index is 1230. The number of benzene rings is 2. The minimum atomic E-state index is 0.292. The van der Waals surface area contributed by atoms with Gasteiger partial charge >= 0.3 is 0 Å². The van der Waals surface area contributed by atoms with Gasteiger partial charge < -0.3 is 8.98 Å². The Labute approximate surface area is 144 Å². The van der Waals surface area contributed by atoms with E-state index in [1.54, 1.807) is 6.20 Å².